The number of rotatable bonds is 4. The van der Waals surface area contributed by atoms with E-state index in [1.807, 2.05) is 42.5 Å². The van der Waals surface area contributed by atoms with Crippen LogP contribution in [0.3, 0.4) is 0 Å². The summed E-state index contributed by atoms with van der Waals surface area (Å²) in [6, 6.07) is 20.2. The Kier molecular flexibility index (Phi) is 4.76. The first kappa shape index (κ1) is 17.7. The summed E-state index contributed by atoms with van der Waals surface area (Å²) >= 11 is 0. The van der Waals surface area contributed by atoms with Crippen LogP contribution in [0.4, 0.5) is 5.69 Å². The third kappa shape index (κ3) is 3.57. The number of nitrogens with one attached hydrogen (secondary N) is 1. The average Bonchev–Trinajstić information content (AvgIpc) is 2.74. The summed E-state index contributed by atoms with van der Waals surface area (Å²) in [5, 5.41) is 3.35. The Morgan fingerprint density at radius 2 is 1.68 bits per heavy atom. The highest BCUT2D eigenvalue weighted by molar-refractivity contribution is 6.01. The van der Waals surface area contributed by atoms with Gasteiger partial charge in [-0.25, -0.2) is 9.80 Å². The molecule has 1 aliphatic rings. The predicted molar refractivity (Wildman–Crippen MR) is 104 cm³/mol. The van der Waals surface area contributed by atoms with Crippen LogP contribution in [0.5, 0.6) is 0 Å². The van der Waals surface area contributed by atoms with Gasteiger partial charge in [0.1, 0.15) is 6.61 Å². The van der Waals surface area contributed by atoms with Crippen LogP contribution in [0.1, 0.15) is 28.8 Å². The molecule has 1 fully saturated rings. The van der Waals surface area contributed by atoms with E-state index in [2.05, 4.69) is 5.43 Å². The molecule has 0 atom stereocenters. The molecule has 3 aromatic carbocycles. The Balaban J connectivity index is 1.45. The van der Waals surface area contributed by atoms with Gasteiger partial charge in [-0.2, -0.15) is 0 Å². The summed E-state index contributed by atoms with van der Waals surface area (Å²) in [6.07, 6.45) is 0.356. The molecule has 0 radical (unpaired) electrons. The number of amides is 2. The largest absolute Gasteiger partial charge is 0.457 e. The van der Waals surface area contributed by atoms with Gasteiger partial charge in [0.05, 0.1) is 11.3 Å². The normalized spacial score (nSPS) is 14.1. The van der Waals surface area contributed by atoms with Crippen LogP contribution in [0.15, 0.2) is 66.7 Å². The SMILES string of the molecule is O=C1CCC(=O)N(c2ccc(C(=O)OCc3cccc4ccccc34)cc2)N1. The number of hydrazine groups is 1. The van der Waals surface area contributed by atoms with Gasteiger partial charge in [0.15, 0.2) is 0 Å². The highest BCUT2D eigenvalue weighted by Crippen LogP contribution is 2.21. The van der Waals surface area contributed by atoms with Crippen molar-refractivity contribution >= 4 is 34.2 Å². The molecule has 1 aliphatic heterocycles. The quantitative estimate of drug-likeness (QED) is 0.711. The van der Waals surface area contributed by atoms with Crippen LogP contribution in [0.2, 0.25) is 0 Å². The summed E-state index contributed by atoms with van der Waals surface area (Å²) < 4.78 is 5.46. The molecule has 28 heavy (non-hydrogen) atoms. The summed E-state index contributed by atoms with van der Waals surface area (Å²) in [4.78, 5) is 35.8. The molecule has 0 aromatic heterocycles. The molecule has 0 spiro atoms. The van der Waals surface area contributed by atoms with Crippen molar-refractivity contribution in [3.63, 3.8) is 0 Å². The van der Waals surface area contributed by atoms with Crippen molar-refractivity contribution in [2.45, 2.75) is 19.4 Å². The number of benzene rings is 3. The molecular weight excluding hydrogens is 356 g/mol. The van der Waals surface area contributed by atoms with Crippen LogP contribution in [0, 0.1) is 0 Å². The minimum atomic E-state index is -0.450. The van der Waals surface area contributed by atoms with E-state index in [0.717, 1.165) is 16.3 Å². The zero-order valence-corrected chi connectivity index (χ0v) is 15.1. The highest BCUT2D eigenvalue weighted by atomic mass is 16.5. The molecular formula is C22H18N2O4. The predicted octanol–water partition coefficient (Wildman–Crippen LogP) is 3.35. The van der Waals surface area contributed by atoms with Crippen LogP contribution in [-0.4, -0.2) is 17.8 Å². The maximum absolute atomic E-state index is 12.4. The van der Waals surface area contributed by atoms with E-state index in [1.165, 1.54) is 5.01 Å². The topological polar surface area (TPSA) is 75.7 Å². The van der Waals surface area contributed by atoms with Gasteiger partial charge >= 0.3 is 5.97 Å². The molecule has 0 saturated carbocycles. The van der Waals surface area contributed by atoms with E-state index in [9.17, 15) is 14.4 Å². The van der Waals surface area contributed by atoms with Crippen LogP contribution in [0.25, 0.3) is 10.8 Å². The molecule has 0 aliphatic carbocycles. The number of hydrogen-bond acceptors (Lipinski definition) is 4. The summed E-state index contributed by atoms with van der Waals surface area (Å²) in [6.45, 7) is 0.169. The second kappa shape index (κ2) is 7.52. The van der Waals surface area contributed by atoms with E-state index >= 15 is 0 Å². The van der Waals surface area contributed by atoms with Crippen LogP contribution >= 0.6 is 0 Å². The fourth-order valence-corrected chi connectivity index (χ4v) is 3.18. The fourth-order valence-electron chi connectivity index (χ4n) is 3.18. The van der Waals surface area contributed by atoms with Gasteiger partial charge in [0.2, 0.25) is 11.8 Å². The smallest absolute Gasteiger partial charge is 0.338 e. The van der Waals surface area contributed by atoms with Crippen LogP contribution < -0.4 is 10.4 Å². The van der Waals surface area contributed by atoms with Crippen molar-refractivity contribution in [2.24, 2.45) is 0 Å². The Morgan fingerprint density at radius 3 is 2.50 bits per heavy atom. The maximum atomic E-state index is 12.4. The van der Waals surface area contributed by atoms with E-state index in [0.29, 0.717) is 11.3 Å². The number of ether oxygens (including phenoxy) is 1. The standard InChI is InChI=1S/C22H18N2O4/c25-20-12-13-21(26)24(23-20)18-10-8-16(9-11-18)22(27)28-14-17-6-3-5-15-4-1-2-7-19(15)17/h1-11H,12-14H2,(H,23,25). The molecule has 4 rings (SSSR count). The van der Waals surface area contributed by atoms with E-state index < -0.39 is 5.97 Å². The van der Waals surface area contributed by atoms with Gasteiger partial charge in [-0.05, 0) is 40.6 Å². The Labute approximate surface area is 161 Å². The molecule has 6 heteroatoms. The van der Waals surface area contributed by atoms with E-state index in [-0.39, 0.29) is 31.3 Å². The summed E-state index contributed by atoms with van der Waals surface area (Å²) in [5.41, 5.74) is 4.34. The van der Waals surface area contributed by atoms with Gasteiger partial charge in [-0.1, -0.05) is 42.5 Å². The molecule has 1 saturated heterocycles. The lowest BCUT2D eigenvalue weighted by Gasteiger charge is -2.27. The minimum absolute atomic E-state index is 0.167. The van der Waals surface area contributed by atoms with E-state index in [1.54, 1.807) is 24.3 Å². The first-order chi connectivity index (χ1) is 13.6. The lowest BCUT2D eigenvalue weighted by atomic mass is 10.1. The van der Waals surface area contributed by atoms with Gasteiger partial charge in [0, 0.05) is 12.8 Å². The van der Waals surface area contributed by atoms with Crippen LogP contribution in [-0.2, 0) is 20.9 Å². The third-order valence-electron chi connectivity index (χ3n) is 4.65. The van der Waals surface area contributed by atoms with Crippen molar-refractivity contribution in [1.82, 2.24) is 5.43 Å². The molecule has 0 unspecified atom stereocenters. The van der Waals surface area contributed by atoms with Crippen molar-refractivity contribution < 1.29 is 19.1 Å². The van der Waals surface area contributed by atoms with Crippen molar-refractivity contribution in [1.29, 1.82) is 0 Å². The highest BCUT2D eigenvalue weighted by Gasteiger charge is 2.24. The third-order valence-corrected chi connectivity index (χ3v) is 4.65. The van der Waals surface area contributed by atoms with Gasteiger partial charge in [0.25, 0.3) is 0 Å². The average molecular weight is 374 g/mol. The zero-order chi connectivity index (χ0) is 19.5. The molecule has 6 nitrogen and oxygen atoms in total. The first-order valence-electron chi connectivity index (χ1n) is 8.98. The van der Waals surface area contributed by atoms with Gasteiger partial charge in [-0.3, -0.25) is 15.0 Å². The molecule has 1 N–H and O–H groups in total. The summed E-state index contributed by atoms with van der Waals surface area (Å²) in [5.74, 6) is -0.849. The number of hydrogen-bond donors (Lipinski definition) is 1. The summed E-state index contributed by atoms with van der Waals surface area (Å²) in [7, 11) is 0. The second-order valence-corrected chi connectivity index (χ2v) is 6.53. The number of carbonyl (C=O) groups is 3. The lowest BCUT2D eigenvalue weighted by molar-refractivity contribution is -0.130. The molecule has 1 heterocycles. The minimum Gasteiger partial charge on any atom is -0.457 e. The zero-order valence-electron chi connectivity index (χ0n) is 15.1. The number of esters is 1. The second-order valence-electron chi connectivity index (χ2n) is 6.53. The maximum Gasteiger partial charge on any atom is 0.338 e. The van der Waals surface area contributed by atoms with Crippen molar-refractivity contribution in [3.05, 3.63) is 77.9 Å². The number of fused-ring (bicyclic) bond motifs is 1. The van der Waals surface area contributed by atoms with E-state index in [4.69, 9.17) is 4.74 Å². The number of anilines is 1. The molecule has 2 amide bonds. The van der Waals surface area contributed by atoms with Gasteiger partial charge in [-0.15, -0.1) is 0 Å². The number of carbonyl (C=O) groups excluding carboxylic acids is 3. The van der Waals surface area contributed by atoms with Crippen molar-refractivity contribution in [3.8, 4) is 0 Å². The Morgan fingerprint density at radius 1 is 0.929 bits per heavy atom. The lowest BCUT2D eigenvalue weighted by Crippen LogP contribution is -2.50. The van der Waals surface area contributed by atoms with Crippen molar-refractivity contribution in [2.75, 3.05) is 5.01 Å². The molecule has 0 bridgehead atoms. The fraction of sp³-hybridized carbons (Fsp3) is 0.136. The molecule has 3 aromatic rings. The number of nitrogens with zero attached hydrogens (tertiary/aromatic N) is 1. The molecule has 140 valence electrons. The first-order valence-corrected chi connectivity index (χ1v) is 8.98. The monoisotopic (exact) mass is 374 g/mol. The Hall–Kier alpha value is -3.67. The van der Waals surface area contributed by atoms with Gasteiger partial charge < -0.3 is 4.74 Å². The Bertz CT molecular complexity index is 1050.